The van der Waals surface area contributed by atoms with Crippen LogP contribution in [0, 0.1) is 6.92 Å². The van der Waals surface area contributed by atoms with Gasteiger partial charge in [0.05, 0.1) is 12.5 Å². The molecule has 0 fully saturated rings. The van der Waals surface area contributed by atoms with Gasteiger partial charge in [-0.1, -0.05) is 24.2 Å². The second kappa shape index (κ2) is 8.43. The summed E-state index contributed by atoms with van der Waals surface area (Å²) in [7, 11) is 1.59. The molecule has 1 N–H and O–H groups in total. The maximum Gasteiger partial charge on any atom is 0.297 e. The fourth-order valence-corrected chi connectivity index (χ4v) is 3.40. The Hall–Kier alpha value is -3.94. The van der Waals surface area contributed by atoms with Crippen LogP contribution < -0.4 is 15.6 Å². The maximum absolute atomic E-state index is 12.9. The molecule has 0 aliphatic carbocycles. The van der Waals surface area contributed by atoms with Crippen molar-refractivity contribution >= 4 is 22.5 Å². The molecule has 8 heteroatoms. The number of benzene rings is 2. The molecule has 0 bridgehead atoms. The van der Waals surface area contributed by atoms with Gasteiger partial charge in [0.15, 0.2) is 5.52 Å². The van der Waals surface area contributed by atoms with Crippen LogP contribution in [0.4, 0.5) is 5.69 Å². The highest BCUT2D eigenvalue weighted by molar-refractivity contribution is 5.94. The molecule has 0 radical (unpaired) electrons. The van der Waals surface area contributed by atoms with Crippen LogP contribution in [0.1, 0.15) is 18.2 Å². The first kappa shape index (κ1) is 20.3. The van der Waals surface area contributed by atoms with Crippen molar-refractivity contribution in [1.82, 2.24) is 14.9 Å². The molecule has 2 aromatic heterocycles. The third-order valence-corrected chi connectivity index (χ3v) is 5.03. The van der Waals surface area contributed by atoms with Gasteiger partial charge in [-0.2, -0.15) is 5.10 Å². The highest BCUT2D eigenvalue weighted by atomic mass is 16.5. The number of aryl methyl sites for hydroxylation is 2. The topological polar surface area (TPSA) is 99.2 Å². The van der Waals surface area contributed by atoms with Gasteiger partial charge < -0.3 is 14.6 Å². The Balaban J connectivity index is 1.71. The standard InChI is InChI=1S/C23H22N4O4/c1-4-15-6-5-7-17(12-15)24-19(28)13-27-23(29)22-20(14(2)31-26-22)21(25-27)16-8-10-18(30-3)11-9-16/h5-12H,4,13H2,1-3H3,(H,24,28). The van der Waals surface area contributed by atoms with Crippen molar-refractivity contribution in [1.29, 1.82) is 0 Å². The Morgan fingerprint density at radius 2 is 1.97 bits per heavy atom. The molecule has 0 spiro atoms. The Kier molecular flexibility index (Phi) is 5.53. The quantitative estimate of drug-likeness (QED) is 0.514. The number of aromatic nitrogens is 3. The molecule has 8 nitrogen and oxygen atoms in total. The first-order valence-corrected chi connectivity index (χ1v) is 9.90. The number of nitrogens with one attached hydrogen (secondary N) is 1. The molecule has 0 unspecified atom stereocenters. The summed E-state index contributed by atoms with van der Waals surface area (Å²) in [6, 6.07) is 14.8. The van der Waals surface area contributed by atoms with Crippen molar-refractivity contribution in [3.8, 4) is 17.0 Å². The number of nitrogens with zero attached hydrogens (tertiary/aromatic N) is 3. The number of methoxy groups -OCH3 is 1. The first-order chi connectivity index (χ1) is 15.0. The molecule has 1 amide bonds. The summed E-state index contributed by atoms with van der Waals surface area (Å²) >= 11 is 0. The lowest BCUT2D eigenvalue weighted by Gasteiger charge is -2.10. The molecular weight excluding hydrogens is 396 g/mol. The molecule has 0 aliphatic heterocycles. The second-order valence-corrected chi connectivity index (χ2v) is 7.10. The zero-order valence-electron chi connectivity index (χ0n) is 17.5. The Morgan fingerprint density at radius 1 is 1.19 bits per heavy atom. The number of carbonyl (C=O) groups is 1. The predicted octanol–water partition coefficient (Wildman–Crippen LogP) is 3.57. The predicted molar refractivity (Wildman–Crippen MR) is 117 cm³/mol. The van der Waals surface area contributed by atoms with E-state index < -0.39 is 5.56 Å². The largest absolute Gasteiger partial charge is 0.497 e. The van der Waals surface area contributed by atoms with Gasteiger partial charge in [0.1, 0.15) is 23.7 Å². The molecule has 31 heavy (non-hydrogen) atoms. The number of ether oxygens (including phenoxy) is 1. The van der Waals surface area contributed by atoms with Crippen LogP contribution in [-0.4, -0.2) is 28.0 Å². The van der Waals surface area contributed by atoms with E-state index >= 15 is 0 Å². The van der Waals surface area contributed by atoms with E-state index in [1.807, 2.05) is 37.3 Å². The molecule has 4 aromatic rings. The van der Waals surface area contributed by atoms with Crippen molar-refractivity contribution in [3.05, 3.63) is 70.2 Å². The van der Waals surface area contributed by atoms with Gasteiger partial charge in [0.25, 0.3) is 5.56 Å². The number of amides is 1. The minimum atomic E-state index is -0.485. The van der Waals surface area contributed by atoms with Gasteiger partial charge in [-0.3, -0.25) is 9.59 Å². The van der Waals surface area contributed by atoms with E-state index in [-0.39, 0.29) is 18.0 Å². The number of hydrogen-bond acceptors (Lipinski definition) is 6. The fraction of sp³-hybridized carbons (Fsp3) is 0.217. The van der Waals surface area contributed by atoms with Gasteiger partial charge in [0, 0.05) is 11.3 Å². The highest BCUT2D eigenvalue weighted by Crippen LogP contribution is 2.28. The maximum atomic E-state index is 12.9. The highest BCUT2D eigenvalue weighted by Gasteiger charge is 2.20. The lowest BCUT2D eigenvalue weighted by atomic mass is 10.1. The molecule has 2 heterocycles. The number of rotatable bonds is 6. The fourth-order valence-electron chi connectivity index (χ4n) is 3.40. The van der Waals surface area contributed by atoms with E-state index in [2.05, 4.69) is 15.6 Å². The first-order valence-electron chi connectivity index (χ1n) is 9.90. The minimum Gasteiger partial charge on any atom is -0.497 e. The van der Waals surface area contributed by atoms with Gasteiger partial charge >= 0.3 is 0 Å². The summed E-state index contributed by atoms with van der Waals surface area (Å²) in [4.78, 5) is 25.5. The number of hydrogen-bond donors (Lipinski definition) is 1. The van der Waals surface area contributed by atoms with E-state index in [1.165, 1.54) is 0 Å². The van der Waals surface area contributed by atoms with Crippen molar-refractivity contribution < 1.29 is 14.1 Å². The third-order valence-electron chi connectivity index (χ3n) is 5.03. The molecule has 0 atom stereocenters. The molecule has 158 valence electrons. The zero-order valence-corrected chi connectivity index (χ0v) is 17.5. The normalized spacial score (nSPS) is 10.9. The van der Waals surface area contributed by atoms with Crippen LogP contribution in [0.5, 0.6) is 5.75 Å². The van der Waals surface area contributed by atoms with E-state index in [1.54, 1.807) is 32.2 Å². The summed E-state index contributed by atoms with van der Waals surface area (Å²) < 4.78 is 11.6. The van der Waals surface area contributed by atoms with Crippen LogP contribution in [-0.2, 0) is 17.8 Å². The minimum absolute atomic E-state index is 0.138. The Bertz CT molecular complexity index is 1310. The second-order valence-electron chi connectivity index (χ2n) is 7.10. The van der Waals surface area contributed by atoms with Crippen molar-refractivity contribution in [2.45, 2.75) is 26.8 Å². The summed E-state index contributed by atoms with van der Waals surface area (Å²) in [5, 5.41) is 11.7. The average Bonchev–Trinajstić information content (AvgIpc) is 3.18. The lowest BCUT2D eigenvalue weighted by molar-refractivity contribution is -0.117. The van der Waals surface area contributed by atoms with Crippen molar-refractivity contribution in [2.24, 2.45) is 0 Å². The van der Waals surface area contributed by atoms with Crippen molar-refractivity contribution in [2.75, 3.05) is 12.4 Å². The van der Waals surface area contributed by atoms with E-state index in [4.69, 9.17) is 9.26 Å². The SMILES string of the molecule is CCc1cccc(NC(=O)Cn2nc(-c3ccc(OC)cc3)c3c(C)onc3c2=O)c1. The zero-order chi connectivity index (χ0) is 22.0. The Morgan fingerprint density at radius 3 is 2.68 bits per heavy atom. The van der Waals surface area contributed by atoms with Crippen LogP contribution in [0.15, 0.2) is 57.8 Å². The number of fused-ring (bicyclic) bond motifs is 1. The number of carbonyl (C=O) groups excluding carboxylic acids is 1. The molecule has 0 saturated heterocycles. The third kappa shape index (κ3) is 4.05. The van der Waals surface area contributed by atoms with E-state index in [9.17, 15) is 9.59 Å². The van der Waals surface area contributed by atoms with Crippen LogP contribution in [0.3, 0.4) is 0 Å². The lowest BCUT2D eigenvalue weighted by Crippen LogP contribution is -2.30. The van der Waals surface area contributed by atoms with Crippen LogP contribution >= 0.6 is 0 Å². The van der Waals surface area contributed by atoms with Crippen LogP contribution in [0.2, 0.25) is 0 Å². The molecule has 0 aliphatic rings. The van der Waals surface area contributed by atoms with Gasteiger partial charge in [0.2, 0.25) is 5.91 Å². The molecule has 0 saturated carbocycles. The molecule has 4 rings (SSSR count). The summed E-state index contributed by atoms with van der Waals surface area (Å²) in [5.41, 5.74) is 2.69. The summed E-state index contributed by atoms with van der Waals surface area (Å²) in [5.74, 6) is 0.825. The van der Waals surface area contributed by atoms with Gasteiger partial charge in [-0.05, 0) is 55.3 Å². The van der Waals surface area contributed by atoms with E-state index in [0.29, 0.717) is 28.3 Å². The Labute approximate surface area is 178 Å². The molecular formula is C23H22N4O4. The summed E-state index contributed by atoms with van der Waals surface area (Å²) in [6.45, 7) is 3.52. The average molecular weight is 418 g/mol. The van der Waals surface area contributed by atoms with Crippen molar-refractivity contribution in [3.63, 3.8) is 0 Å². The molecule has 2 aromatic carbocycles. The number of anilines is 1. The smallest absolute Gasteiger partial charge is 0.297 e. The monoisotopic (exact) mass is 418 g/mol. The van der Waals surface area contributed by atoms with Gasteiger partial charge in [-0.25, -0.2) is 4.68 Å². The van der Waals surface area contributed by atoms with E-state index in [0.717, 1.165) is 22.2 Å². The van der Waals surface area contributed by atoms with Crippen LogP contribution in [0.25, 0.3) is 22.2 Å². The summed E-state index contributed by atoms with van der Waals surface area (Å²) in [6.07, 6.45) is 0.859. The van der Waals surface area contributed by atoms with Gasteiger partial charge in [-0.15, -0.1) is 0 Å².